The first-order chi connectivity index (χ1) is 9.09. The van der Waals surface area contributed by atoms with Crippen molar-refractivity contribution >= 4 is 0 Å². The van der Waals surface area contributed by atoms with Crippen LogP contribution in [0.25, 0.3) is 0 Å². The van der Waals surface area contributed by atoms with E-state index >= 15 is 0 Å². The van der Waals surface area contributed by atoms with E-state index in [1.54, 1.807) is 25.1 Å². The Morgan fingerprint density at radius 1 is 1.05 bits per heavy atom. The van der Waals surface area contributed by atoms with Crippen molar-refractivity contribution in [2.24, 2.45) is 5.73 Å². The minimum absolute atomic E-state index is 0.249. The molecule has 0 spiro atoms. The first-order valence-corrected chi connectivity index (χ1v) is 6.32. The van der Waals surface area contributed by atoms with Crippen molar-refractivity contribution in [2.45, 2.75) is 26.0 Å². The van der Waals surface area contributed by atoms with Crippen LogP contribution in [-0.2, 0) is 0 Å². The van der Waals surface area contributed by atoms with Crippen molar-refractivity contribution < 1.29 is 9.13 Å². The van der Waals surface area contributed by atoms with Crippen LogP contribution in [0.3, 0.4) is 0 Å². The van der Waals surface area contributed by atoms with Gasteiger partial charge in [-0.15, -0.1) is 0 Å². The minimum Gasteiger partial charge on any atom is -0.486 e. The summed E-state index contributed by atoms with van der Waals surface area (Å²) in [6, 6.07) is 14.5. The maximum absolute atomic E-state index is 13.9. The highest BCUT2D eigenvalue weighted by atomic mass is 19.1. The van der Waals surface area contributed by atoms with Crippen molar-refractivity contribution in [2.75, 3.05) is 0 Å². The van der Waals surface area contributed by atoms with Gasteiger partial charge in [-0.25, -0.2) is 4.39 Å². The molecule has 2 nitrogen and oxygen atoms in total. The minimum atomic E-state index is -0.324. The van der Waals surface area contributed by atoms with E-state index in [-0.39, 0.29) is 23.7 Å². The molecule has 0 fully saturated rings. The van der Waals surface area contributed by atoms with Gasteiger partial charge in [0, 0.05) is 0 Å². The molecular formula is C16H18FNO. The van der Waals surface area contributed by atoms with Gasteiger partial charge in [-0.05, 0) is 31.0 Å². The molecule has 0 aromatic heterocycles. The van der Waals surface area contributed by atoms with Crippen molar-refractivity contribution in [3.05, 3.63) is 65.5 Å². The summed E-state index contributed by atoms with van der Waals surface area (Å²) in [5, 5.41) is 0. The molecule has 0 radical (unpaired) electrons. The molecule has 0 aliphatic carbocycles. The second-order valence-electron chi connectivity index (χ2n) is 4.65. The Labute approximate surface area is 113 Å². The molecule has 0 saturated carbocycles. The summed E-state index contributed by atoms with van der Waals surface area (Å²) >= 11 is 0. The normalized spacial score (nSPS) is 13.9. The summed E-state index contributed by atoms with van der Waals surface area (Å²) in [5.41, 5.74) is 7.67. The number of aryl methyl sites for hydroxylation is 1. The van der Waals surface area contributed by atoms with Crippen LogP contribution in [0.2, 0.25) is 0 Å². The third-order valence-electron chi connectivity index (χ3n) is 3.16. The third kappa shape index (κ3) is 3.12. The molecule has 19 heavy (non-hydrogen) atoms. The number of halogens is 1. The first kappa shape index (κ1) is 13.6. The summed E-state index contributed by atoms with van der Waals surface area (Å²) in [4.78, 5) is 0. The van der Waals surface area contributed by atoms with Crippen LogP contribution in [0.15, 0.2) is 48.5 Å². The van der Waals surface area contributed by atoms with Gasteiger partial charge in [0.25, 0.3) is 0 Å². The molecule has 0 saturated heterocycles. The summed E-state index contributed by atoms with van der Waals surface area (Å²) < 4.78 is 19.5. The van der Waals surface area contributed by atoms with E-state index in [1.807, 2.05) is 37.3 Å². The summed E-state index contributed by atoms with van der Waals surface area (Å²) in [5.74, 6) is -0.0755. The molecule has 2 aromatic carbocycles. The second kappa shape index (κ2) is 5.85. The highest BCUT2D eigenvalue weighted by molar-refractivity contribution is 5.30. The standard InChI is InChI=1S/C16H18FNO/c1-11-7-6-10-14(15(11)17)19-12(2)16(18)13-8-4-3-5-9-13/h3-10,12,16H,18H2,1-2H3. The topological polar surface area (TPSA) is 35.2 Å². The van der Waals surface area contributed by atoms with E-state index in [0.717, 1.165) is 5.56 Å². The molecule has 3 heteroatoms. The molecule has 0 heterocycles. The zero-order valence-corrected chi connectivity index (χ0v) is 11.1. The van der Waals surface area contributed by atoms with Gasteiger partial charge in [0.05, 0.1) is 6.04 Å². The van der Waals surface area contributed by atoms with Crippen molar-refractivity contribution in [3.63, 3.8) is 0 Å². The van der Waals surface area contributed by atoms with Crippen molar-refractivity contribution in [1.82, 2.24) is 0 Å². The maximum Gasteiger partial charge on any atom is 0.167 e. The highest BCUT2D eigenvalue weighted by Crippen LogP contribution is 2.24. The van der Waals surface area contributed by atoms with Crippen molar-refractivity contribution in [1.29, 1.82) is 0 Å². The lowest BCUT2D eigenvalue weighted by Crippen LogP contribution is -2.29. The number of nitrogens with two attached hydrogens (primary N) is 1. The van der Waals surface area contributed by atoms with Crippen LogP contribution in [0.5, 0.6) is 5.75 Å². The van der Waals surface area contributed by atoms with E-state index in [9.17, 15) is 4.39 Å². The Morgan fingerprint density at radius 3 is 2.42 bits per heavy atom. The van der Waals surface area contributed by atoms with Gasteiger partial charge >= 0.3 is 0 Å². The highest BCUT2D eigenvalue weighted by Gasteiger charge is 2.18. The average Bonchev–Trinajstić information content (AvgIpc) is 2.44. The molecule has 0 aliphatic rings. The smallest absolute Gasteiger partial charge is 0.167 e. The Bertz CT molecular complexity index is 542. The molecule has 0 aliphatic heterocycles. The quantitative estimate of drug-likeness (QED) is 0.910. The van der Waals surface area contributed by atoms with E-state index in [4.69, 9.17) is 10.5 Å². The number of rotatable bonds is 4. The number of hydrogen-bond donors (Lipinski definition) is 1. The molecule has 100 valence electrons. The largest absolute Gasteiger partial charge is 0.486 e. The fraction of sp³-hybridized carbons (Fsp3) is 0.250. The summed E-state index contributed by atoms with van der Waals surface area (Å²) in [6.07, 6.45) is -0.307. The predicted molar refractivity (Wildman–Crippen MR) is 74.6 cm³/mol. The van der Waals surface area contributed by atoms with Crippen LogP contribution in [-0.4, -0.2) is 6.10 Å². The molecule has 2 rings (SSSR count). The molecular weight excluding hydrogens is 241 g/mol. The summed E-state index contributed by atoms with van der Waals surface area (Å²) in [7, 11) is 0. The molecule has 2 unspecified atom stereocenters. The first-order valence-electron chi connectivity index (χ1n) is 6.32. The van der Waals surface area contributed by atoms with E-state index in [2.05, 4.69) is 0 Å². The third-order valence-corrected chi connectivity index (χ3v) is 3.16. The fourth-order valence-electron chi connectivity index (χ4n) is 1.93. The van der Waals surface area contributed by atoms with Gasteiger partial charge in [0.1, 0.15) is 6.10 Å². The van der Waals surface area contributed by atoms with Crippen LogP contribution in [0, 0.1) is 12.7 Å². The van der Waals surface area contributed by atoms with Gasteiger partial charge in [-0.2, -0.15) is 0 Å². The van der Waals surface area contributed by atoms with Crippen LogP contribution >= 0.6 is 0 Å². The lowest BCUT2D eigenvalue weighted by atomic mass is 10.0. The number of hydrogen-bond acceptors (Lipinski definition) is 2. The Kier molecular flexibility index (Phi) is 4.17. The molecule has 0 amide bonds. The Hall–Kier alpha value is -1.87. The zero-order valence-electron chi connectivity index (χ0n) is 11.1. The number of benzene rings is 2. The SMILES string of the molecule is Cc1cccc(OC(C)C(N)c2ccccc2)c1F. The molecule has 2 aromatic rings. The monoisotopic (exact) mass is 259 g/mol. The molecule has 0 bridgehead atoms. The fourth-order valence-corrected chi connectivity index (χ4v) is 1.93. The van der Waals surface area contributed by atoms with E-state index in [0.29, 0.717) is 5.56 Å². The lowest BCUT2D eigenvalue weighted by molar-refractivity contribution is 0.182. The maximum atomic E-state index is 13.9. The summed E-state index contributed by atoms with van der Waals surface area (Å²) in [6.45, 7) is 3.56. The van der Waals surface area contributed by atoms with Gasteiger partial charge in [-0.3, -0.25) is 0 Å². The Morgan fingerprint density at radius 2 is 1.74 bits per heavy atom. The van der Waals surface area contributed by atoms with Crippen LogP contribution < -0.4 is 10.5 Å². The van der Waals surface area contributed by atoms with Crippen LogP contribution in [0.4, 0.5) is 4.39 Å². The zero-order chi connectivity index (χ0) is 13.8. The number of ether oxygens (including phenoxy) is 1. The van der Waals surface area contributed by atoms with Gasteiger partial charge < -0.3 is 10.5 Å². The van der Waals surface area contributed by atoms with Crippen molar-refractivity contribution in [3.8, 4) is 5.75 Å². The molecule has 2 N–H and O–H groups in total. The predicted octanol–water partition coefficient (Wildman–Crippen LogP) is 3.60. The van der Waals surface area contributed by atoms with Crippen LogP contribution in [0.1, 0.15) is 24.1 Å². The Balaban J connectivity index is 2.13. The second-order valence-corrected chi connectivity index (χ2v) is 4.65. The van der Waals surface area contributed by atoms with Gasteiger partial charge in [0.2, 0.25) is 0 Å². The average molecular weight is 259 g/mol. The van der Waals surface area contributed by atoms with Gasteiger partial charge in [0.15, 0.2) is 11.6 Å². The van der Waals surface area contributed by atoms with Gasteiger partial charge in [-0.1, -0.05) is 42.5 Å². The molecule has 2 atom stereocenters. The van der Waals surface area contributed by atoms with E-state index in [1.165, 1.54) is 0 Å². The van der Waals surface area contributed by atoms with E-state index < -0.39 is 0 Å². The lowest BCUT2D eigenvalue weighted by Gasteiger charge is -2.22.